The van der Waals surface area contributed by atoms with E-state index in [1.54, 1.807) is 19.1 Å². The molecule has 0 aliphatic carbocycles. The number of anilines is 1. The fourth-order valence-electron chi connectivity index (χ4n) is 1.59. The number of esters is 1. The van der Waals surface area contributed by atoms with Crippen molar-refractivity contribution in [1.82, 2.24) is 5.32 Å². The summed E-state index contributed by atoms with van der Waals surface area (Å²) in [5.41, 5.74) is 6.92. The highest BCUT2D eigenvalue weighted by atomic mass is 16.5. The van der Waals surface area contributed by atoms with Crippen LogP contribution in [0, 0.1) is 6.92 Å². The largest absolute Gasteiger partial charge is 0.480 e. The van der Waals surface area contributed by atoms with E-state index in [2.05, 4.69) is 10.1 Å². The molecule has 4 N–H and O–H groups in total. The van der Waals surface area contributed by atoms with Gasteiger partial charge in [-0.2, -0.15) is 0 Å². The Labute approximate surface area is 115 Å². The van der Waals surface area contributed by atoms with Crippen LogP contribution in [0.25, 0.3) is 0 Å². The summed E-state index contributed by atoms with van der Waals surface area (Å²) in [7, 11) is 1.14. The van der Waals surface area contributed by atoms with Crippen molar-refractivity contribution in [2.45, 2.75) is 19.4 Å². The van der Waals surface area contributed by atoms with E-state index in [9.17, 15) is 14.4 Å². The molecule has 1 atom stereocenters. The molecular formula is C13H16N2O5. The van der Waals surface area contributed by atoms with Crippen molar-refractivity contribution in [2.75, 3.05) is 12.8 Å². The van der Waals surface area contributed by atoms with Crippen molar-refractivity contribution in [3.63, 3.8) is 0 Å². The molecule has 108 valence electrons. The van der Waals surface area contributed by atoms with Crippen LogP contribution in [0.5, 0.6) is 0 Å². The van der Waals surface area contributed by atoms with Crippen LogP contribution in [0.3, 0.4) is 0 Å². The molecule has 1 amide bonds. The normalized spacial score (nSPS) is 11.5. The summed E-state index contributed by atoms with van der Waals surface area (Å²) >= 11 is 0. The fraction of sp³-hybridized carbons (Fsp3) is 0.308. The second-order valence-electron chi connectivity index (χ2n) is 4.16. The number of methoxy groups -OCH3 is 1. The van der Waals surface area contributed by atoms with E-state index in [-0.39, 0.29) is 5.56 Å². The number of carbonyl (C=O) groups excluding carboxylic acids is 2. The highest BCUT2D eigenvalue weighted by molar-refractivity contribution is 5.99. The van der Waals surface area contributed by atoms with E-state index in [1.165, 1.54) is 6.07 Å². The zero-order chi connectivity index (χ0) is 15.3. The molecule has 0 aliphatic rings. The Bertz CT molecular complexity index is 542. The molecule has 0 fully saturated rings. The van der Waals surface area contributed by atoms with Crippen LogP contribution in [0.4, 0.5) is 5.69 Å². The lowest BCUT2D eigenvalue weighted by atomic mass is 10.1. The zero-order valence-electron chi connectivity index (χ0n) is 11.2. The topological polar surface area (TPSA) is 119 Å². The number of carboxylic acid groups (broad SMARTS) is 1. The van der Waals surface area contributed by atoms with Crippen molar-refractivity contribution in [3.8, 4) is 0 Å². The number of hydrogen-bond acceptors (Lipinski definition) is 5. The minimum absolute atomic E-state index is 0.265. The Hall–Kier alpha value is -2.57. The van der Waals surface area contributed by atoms with Crippen LogP contribution < -0.4 is 11.1 Å². The van der Waals surface area contributed by atoms with Crippen LogP contribution in [0.1, 0.15) is 22.3 Å². The number of ether oxygens (including phenoxy) is 1. The maximum absolute atomic E-state index is 12.0. The molecule has 20 heavy (non-hydrogen) atoms. The molecule has 0 spiro atoms. The quantitative estimate of drug-likeness (QED) is 0.528. The lowest BCUT2D eigenvalue weighted by Gasteiger charge is -2.15. The first-order valence-electron chi connectivity index (χ1n) is 5.82. The van der Waals surface area contributed by atoms with Gasteiger partial charge in [-0.1, -0.05) is 6.07 Å². The van der Waals surface area contributed by atoms with Crippen LogP contribution in [0.2, 0.25) is 0 Å². The lowest BCUT2D eigenvalue weighted by molar-refractivity contribution is -0.147. The van der Waals surface area contributed by atoms with Gasteiger partial charge >= 0.3 is 11.9 Å². The van der Waals surface area contributed by atoms with Crippen LogP contribution in [0.15, 0.2) is 18.2 Å². The molecule has 7 nitrogen and oxygen atoms in total. The molecule has 1 aromatic rings. The predicted molar refractivity (Wildman–Crippen MR) is 71.1 cm³/mol. The van der Waals surface area contributed by atoms with Gasteiger partial charge in [0, 0.05) is 11.3 Å². The Morgan fingerprint density at radius 3 is 2.60 bits per heavy atom. The third-order valence-corrected chi connectivity index (χ3v) is 2.82. The van der Waals surface area contributed by atoms with Gasteiger partial charge in [-0.05, 0) is 24.6 Å². The second-order valence-corrected chi connectivity index (χ2v) is 4.16. The van der Waals surface area contributed by atoms with Crippen molar-refractivity contribution in [3.05, 3.63) is 29.3 Å². The molecule has 1 rings (SSSR count). The minimum Gasteiger partial charge on any atom is -0.480 e. The minimum atomic E-state index is -1.35. The van der Waals surface area contributed by atoms with Gasteiger partial charge in [0.1, 0.15) is 6.04 Å². The number of amides is 1. The first-order chi connectivity index (χ1) is 9.36. The number of benzene rings is 1. The first kappa shape index (κ1) is 15.5. The smallest absolute Gasteiger partial charge is 0.326 e. The van der Waals surface area contributed by atoms with E-state index in [1.807, 2.05) is 0 Å². The number of hydrogen-bond donors (Lipinski definition) is 3. The third-order valence-electron chi connectivity index (χ3n) is 2.82. The Balaban J connectivity index is 2.88. The van der Waals surface area contributed by atoms with Gasteiger partial charge in [0.15, 0.2) is 0 Å². The summed E-state index contributed by atoms with van der Waals surface area (Å²) in [6.07, 6.45) is -0.445. The summed E-state index contributed by atoms with van der Waals surface area (Å²) in [6, 6.07) is 3.40. The lowest BCUT2D eigenvalue weighted by Crippen LogP contribution is -2.42. The fourth-order valence-corrected chi connectivity index (χ4v) is 1.59. The van der Waals surface area contributed by atoms with Gasteiger partial charge in [-0.15, -0.1) is 0 Å². The number of carbonyl (C=O) groups is 3. The van der Waals surface area contributed by atoms with Crippen LogP contribution in [-0.2, 0) is 14.3 Å². The highest BCUT2D eigenvalue weighted by Crippen LogP contribution is 2.15. The molecule has 0 aliphatic heterocycles. The Morgan fingerprint density at radius 1 is 1.40 bits per heavy atom. The van der Waals surface area contributed by atoms with Gasteiger partial charge < -0.3 is 20.9 Å². The van der Waals surface area contributed by atoms with E-state index in [0.717, 1.165) is 7.11 Å². The SMILES string of the molecule is COC(=O)C[C@H](NC(=O)c1cccc(N)c1C)C(=O)O. The molecule has 0 bridgehead atoms. The van der Waals surface area contributed by atoms with E-state index in [0.29, 0.717) is 11.3 Å². The van der Waals surface area contributed by atoms with Crippen molar-refractivity contribution in [1.29, 1.82) is 0 Å². The third kappa shape index (κ3) is 3.71. The standard InChI is InChI=1S/C13H16N2O5/c1-7-8(4-3-5-9(7)14)12(17)15-10(13(18)19)6-11(16)20-2/h3-5,10H,6,14H2,1-2H3,(H,15,17)(H,18,19)/t10-/m0/s1. The molecule has 0 saturated carbocycles. The number of nitrogen functional groups attached to an aromatic ring is 1. The van der Waals surface area contributed by atoms with Gasteiger partial charge in [-0.25, -0.2) is 4.79 Å². The van der Waals surface area contributed by atoms with Crippen molar-refractivity contribution in [2.24, 2.45) is 0 Å². The number of rotatable bonds is 5. The summed E-state index contributed by atoms with van der Waals surface area (Å²) in [5, 5.41) is 11.3. The molecule has 0 saturated heterocycles. The monoisotopic (exact) mass is 280 g/mol. The molecule has 0 heterocycles. The maximum Gasteiger partial charge on any atom is 0.326 e. The number of nitrogens with one attached hydrogen (secondary N) is 1. The Morgan fingerprint density at radius 2 is 2.05 bits per heavy atom. The number of nitrogens with two attached hydrogens (primary N) is 1. The average molecular weight is 280 g/mol. The summed E-state index contributed by atoms with van der Waals surface area (Å²) in [4.78, 5) is 34.2. The van der Waals surface area contributed by atoms with E-state index >= 15 is 0 Å². The van der Waals surface area contributed by atoms with Crippen LogP contribution >= 0.6 is 0 Å². The average Bonchev–Trinajstić information content (AvgIpc) is 2.40. The molecule has 0 radical (unpaired) electrons. The molecule has 0 unspecified atom stereocenters. The molecule has 7 heteroatoms. The number of aliphatic carboxylic acids is 1. The molecule has 0 aromatic heterocycles. The van der Waals surface area contributed by atoms with Crippen molar-refractivity contribution < 1.29 is 24.2 Å². The van der Waals surface area contributed by atoms with Crippen LogP contribution in [-0.4, -0.2) is 36.1 Å². The molecule has 1 aromatic carbocycles. The Kier molecular flexibility index (Phi) is 5.08. The van der Waals surface area contributed by atoms with Gasteiger partial charge in [-0.3, -0.25) is 9.59 Å². The summed E-state index contributed by atoms with van der Waals surface area (Å²) < 4.78 is 4.39. The summed E-state index contributed by atoms with van der Waals surface area (Å²) in [6.45, 7) is 1.65. The van der Waals surface area contributed by atoms with Crippen molar-refractivity contribution >= 4 is 23.5 Å². The zero-order valence-corrected chi connectivity index (χ0v) is 11.2. The van der Waals surface area contributed by atoms with Gasteiger partial charge in [0.05, 0.1) is 13.5 Å². The number of carboxylic acids is 1. The summed E-state index contributed by atoms with van der Waals surface area (Å²) in [5.74, 6) is -2.64. The second kappa shape index (κ2) is 6.55. The van der Waals surface area contributed by atoms with Gasteiger partial charge in [0.2, 0.25) is 0 Å². The van der Waals surface area contributed by atoms with E-state index in [4.69, 9.17) is 10.8 Å². The highest BCUT2D eigenvalue weighted by Gasteiger charge is 2.24. The predicted octanol–water partition coefficient (Wildman–Crippen LogP) is 0.323. The molecular weight excluding hydrogens is 264 g/mol. The maximum atomic E-state index is 12.0. The van der Waals surface area contributed by atoms with E-state index < -0.39 is 30.3 Å². The van der Waals surface area contributed by atoms with Gasteiger partial charge in [0.25, 0.3) is 5.91 Å². The first-order valence-corrected chi connectivity index (χ1v) is 5.82.